The third-order valence-corrected chi connectivity index (χ3v) is 10.4. The number of carbonyl (C=O) groups excluding carboxylic acids is 1. The highest BCUT2D eigenvalue weighted by Gasteiger charge is 2.51. The lowest BCUT2D eigenvalue weighted by atomic mass is 10.2. The minimum atomic E-state index is -2.81. The molecule has 176 valence electrons. The van der Waals surface area contributed by atoms with E-state index >= 15 is 0 Å². The summed E-state index contributed by atoms with van der Waals surface area (Å²) in [7, 11) is -2.81. The minimum absolute atomic E-state index is 0.128. The van der Waals surface area contributed by atoms with E-state index < -0.39 is 26.1 Å². The molecular weight excluding hydrogens is 426 g/mol. The van der Waals surface area contributed by atoms with Gasteiger partial charge in [0.1, 0.15) is 5.60 Å². The molecule has 0 radical (unpaired) electrons. The van der Waals surface area contributed by atoms with Gasteiger partial charge in [-0.05, 0) is 36.2 Å². The van der Waals surface area contributed by atoms with Crippen LogP contribution in [0.4, 0.5) is 4.79 Å². The molecule has 0 aromatic heterocycles. The van der Waals surface area contributed by atoms with Crippen molar-refractivity contribution in [3.8, 4) is 12.3 Å². The Morgan fingerprint density at radius 1 is 1.03 bits per heavy atom. The molecule has 2 aromatic carbocycles. The third-order valence-electron chi connectivity index (χ3n) is 5.34. The Morgan fingerprint density at radius 3 is 1.88 bits per heavy atom. The summed E-state index contributed by atoms with van der Waals surface area (Å²) in [6.07, 6.45) is 6.43. The van der Waals surface area contributed by atoms with Crippen molar-refractivity contribution >= 4 is 24.8 Å². The van der Waals surface area contributed by atoms with E-state index in [0.29, 0.717) is 0 Å². The van der Waals surface area contributed by atoms with Crippen LogP contribution in [-0.4, -0.2) is 44.1 Å². The Balaban J connectivity index is 2.53. The molecule has 1 amide bonds. The lowest BCUT2D eigenvalue weighted by Crippen LogP contribution is -2.68. The van der Waals surface area contributed by atoms with Crippen LogP contribution in [0.3, 0.4) is 0 Å². The monoisotopic (exact) mass is 463 g/mol. The number of rotatable bonds is 8. The highest BCUT2D eigenvalue weighted by molar-refractivity contribution is 6.99. The predicted molar refractivity (Wildman–Crippen MR) is 139 cm³/mol. The molecule has 0 aliphatic rings. The zero-order chi connectivity index (χ0) is 24.7. The zero-order valence-electron chi connectivity index (χ0n) is 20.8. The van der Waals surface area contributed by atoms with Crippen LogP contribution in [0.1, 0.15) is 41.5 Å². The van der Waals surface area contributed by atoms with Crippen molar-refractivity contribution in [2.45, 2.75) is 58.3 Å². The second-order valence-corrected chi connectivity index (χ2v) is 14.4. The van der Waals surface area contributed by atoms with Gasteiger partial charge in [0.2, 0.25) is 0 Å². The predicted octanol–water partition coefficient (Wildman–Crippen LogP) is 4.99. The van der Waals surface area contributed by atoms with E-state index in [9.17, 15) is 4.79 Å². The first kappa shape index (κ1) is 26.4. The van der Waals surface area contributed by atoms with Crippen molar-refractivity contribution in [2.75, 3.05) is 13.1 Å². The summed E-state index contributed by atoms with van der Waals surface area (Å²) < 4.78 is 12.7. The largest absolute Gasteiger partial charge is 0.444 e. The van der Waals surface area contributed by atoms with Gasteiger partial charge in [0, 0.05) is 0 Å². The van der Waals surface area contributed by atoms with Crippen LogP contribution >= 0.6 is 0 Å². The summed E-state index contributed by atoms with van der Waals surface area (Å²) in [6, 6.07) is 20.8. The topological polar surface area (TPSA) is 38.8 Å². The Bertz CT molecular complexity index is 913. The smallest absolute Gasteiger partial charge is 0.411 e. The van der Waals surface area contributed by atoms with Crippen LogP contribution in [0, 0.1) is 12.3 Å². The Labute approximate surface area is 200 Å². The summed E-state index contributed by atoms with van der Waals surface area (Å²) in [5.41, 5.74) is -0.619. The number of amides is 1. The SMILES string of the molecule is C#CCN(CC(C=C)O[Si](c1ccccc1)(c1ccccc1)C(C)(C)C)C(=O)OC(C)(C)C. The van der Waals surface area contributed by atoms with Crippen LogP contribution in [-0.2, 0) is 9.16 Å². The molecule has 0 aliphatic heterocycles. The lowest BCUT2D eigenvalue weighted by Gasteiger charge is -2.45. The highest BCUT2D eigenvalue weighted by Crippen LogP contribution is 2.37. The second kappa shape index (κ2) is 10.9. The van der Waals surface area contributed by atoms with E-state index in [1.165, 1.54) is 4.90 Å². The molecule has 2 rings (SSSR count). The summed E-state index contributed by atoms with van der Waals surface area (Å²) in [6.45, 7) is 16.6. The van der Waals surface area contributed by atoms with E-state index in [1.807, 2.05) is 57.2 Å². The molecular formula is C28H37NO3Si. The number of hydrogen-bond acceptors (Lipinski definition) is 3. The molecule has 0 saturated carbocycles. The van der Waals surface area contributed by atoms with Gasteiger partial charge in [0.15, 0.2) is 0 Å². The molecule has 0 N–H and O–H groups in total. The molecule has 1 atom stereocenters. The molecule has 0 spiro atoms. The van der Waals surface area contributed by atoms with Gasteiger partial charge in [0.25, 0.3) is 8.32 Å². The molecule has 1 unspecified atom stereocenters. The molecule has 0 bridgehead atoms. The van der Waals surface area contributed by atoms with E-state index in [1.54, 1.807) is 6.08 Å². The van der Waals surface area contributed by atoms with Gasteiger partial charge >= 0.3 is 6.09 Å². The van der Waals surface area contributed by atoms with Gasteiger partial charge in [-0.25, -0.2) is 4.79 Å². The number of terminal acetylenes is 1. The Morgan fingerprint density at radius 2 is 1.52 bits per heavy atom. The molecule has 5 heteroatoms. The second-order valence-electron chi connectivity index (χ2n) is 10.1. The van der Waals surface area contributed by atoms with Gasteiger partial charge in [-0.1, -0.05) is 93.4 Å². The normalized spacial score (nSPS) is 13.0. The number of benzene rings is 2. The van der Waals surface area contributed by atoms with E-state index in [4.69, 9.17) is 15.6 Å². The fourth-order valence-corrected chi connectivity index (χ4v) is 8.58. The average molecular weight is 464 g/mol. The molecule has 33 heavy (non-hydrogen) atoms. The van der Waals surface area contributed by atoms with Crippen LogP contribution in [0.25, 0.3) is 0 Å². The van der Waals surface area contributed by atoms with Crippen LogP contribution < -0.4 is 10.4 Å². The molecule has 0 heterocycles. The summed E-state index contributed by atoms with van der Waals surface area (Å²) in [5.74, 6) is 2.57. The van der Waals surface area contributed by atoms with Crippen molar-refractivity contribution in [2.24, 2.45) is 0 Å². The van der Waals surface area contributed by atoms with Gasteiger partial charge in [-0.15, -0.1) is 13.0 Å². The third kappa shape index (κ3) is 6.60. The average Bonchev–Trinajstić information content (AvgIpc) is 2.75. The summed E-state index contributed by atoms with van der Waals surface area (Å²) in [5, 5.41) is 2.13. The molecule has 0 aliphatic carbocycles. The van der Waals surface area contributed by atoms with Crippen LogP contribution in [0.5, 0.6) is 0 Å². The lowest BCUT2D eigenvalue weighted by molar-refractivity contribution is 0.0220. The Kier molecular flexibility index (Phi) is 8.71. The van der Waals surface area contributed by atoms with Gasteiger partial charge in [-0.3, -0.25) is 4.90 Å². The first-order valence-corrected chi connectivity index (χ1v) is 13.2. The fourth-order valence-electron chi connectivity index (χ4n) is 3.94. The molecule has 0 saturated heterocycles. The van der Waals surface area contributed by atoms with Gasteiger partial charge in [-0.2, -0.15) is 0 Å². The van der Waals surface area contributed by atoms with E-state index in [2.05, 4.69) is 57.5 Å². The first-order valence-electron chi connectivity index (χ1n) is 11.3. The van der Waals surface area contributed by atoms with Crippen molar-refractivity contribution in [1.82, 2.24) is 4.90 Å². The van der Waals surface area contributed by atoms with Crippen LogP contribution in [0.2, 0.25) is 5.04 Å². The quantitative estimate of drug-likeness (QED) is 0.315. The maximum Gasteiger partial charge on any atom is 0.411 e. The number of hydrogen-bond donors (Lipinski definition) is 0. The van der Waals surface area contributed by atoms with Crippen molar-refractivity contribution in [3.05, 3.63) is 73.3 Å². The molecule has 2 aromatic rings. The number of ether oxygens (including phenoxy) is 1. The standard InChI is InChI=1S/C28H37NO3Si/c1-9-21-29(26(30)31-27(3,4)5)22-23(10-2)32-33(28(6,7)8,24-17-13-11-14-18-24)25-19-15-12-16-20-25/h1,10-20,23H,2,21-22H2,3-8H3. The Hall–Kier alpha value is -2.81. The van der Waals surface area contributed by atoms with Crippen molar-refractivity contribution in [1.29, 1.82) is 0 Å². The van der Waals surface area contributed by atoms with Gasteiger partial charge < -0.3 is 9.16 Å². The fraction of sp³-hybridized carbons (Fsp3) is 0.393. The maximum absolute atomic E-state index is 12.8. The van der Waals surface area contributed by atoms with Gasteiger partial charge in [0.05, 0.1) is 19.2 Å². The van der Waals surface area contributed by atoms with E-state index in [0.717, 1.165) is 10.4 Å². The first-order chi connectivity index (χ1) is 15.4. The maximum atomic E-state index is 12.8. The van der Waals surface area contributed by atoms with Crippen molar-refractivity contribution in [3.63, 3.8) is 0 Å². The highest BCUT2D eigenvalue weighted by atomic mass is 28.4. The summed E-state index contributed by atoms with van der Waals surface area (Å²) >= 11 is 0. The van der Waals surface area contributed by atoms with Crippen molar-refractivity contribution < 1.29 is 14.0 Å². The molecule has 0 fully saturated rings. The van der Waals surface area contributed by atoms with E-state index in [-0.39, 0.29) is 18.1 Å². The number of carbonyl (C=O) groups is 1. The summed E-state index contributed by atoms with van der Waals surface area (Å²) in [4.78, 5) is 14.3. The zero-order valence-corrected chi connectivity index (χ0v) is 21.8. The molecule has 4 nitrogen and oxygen atoms in total. The minimum Gasteiger partial charge on any atom is -0.444 e. The number of nitrogens with zero attached hydrogens (tertiary/aromatic N) is 1. The van der Waals surface area contributed by atoms with Crippen LogP contribution in [0.15, 0.2) is 73.3 Å².